The number of non-ortho nitro benzene ring substituents is 1. The van der Waals surface area contributed by atoms with E-state index in [1.165, 1.54) is 6.07 Å². The van der Waals surface area contributed by atoms with Gasteiger partial charge < -0.3 is 20.1 Å². The lowest BCUT2D eigenvalue weighted by molar-refractivity contribution is -0.384. The molecule has 0 saturated carbocycles. The quantitative estimate of drug-likeness (QED) is 0.425. The molecule has 1 heterocycles. The summed E-state index contributed by atoms with van der Waals surface area (Å²) < 4.78 is 10.0. The molecule has 0 aliphatic carbocycles. The molecule has 27 heavy (non-hydrogen) atoms. The van der Waals surface area contributed by atoms with Gasteiger partial charge in [0.1, 0.15) is 6.61 Å². The first kappa shape index (κ1) is 20.2. The Balaban J connectivity index is 2.24. The van der Waals surface area contributed by atoms with E-state index in [4.69, 9.17) is 21.1 Å². The number of carbonyl (C=O) groups is 3. The predicted molar refractivity (Wildman–Crippen MR) is 93.2 cm³/mol. The first-order chi connectivity index (χ1) is 12.7. The smallest absolute Gasteiger partial charge is 0.340 e. The lowest BCUT2D eigenvalue weighted by Gasteiger charge is -2.26. The van der Waals surface area contributed by atoms with E-state index in [0.29, 0.717) is 0 Å². The standard InChI is InChI=1S/C16H16ClN3O7/c1-3-26-15(22)13-8(2)18-16(23)19-12(13)7-27-14(21)10-6-9(20(24)25)4-5-11(10)17/h4-6,8H,3,7H2,1-2H3,(H2,18,19,23)/t8-/m0/s1. The number of ether oxygens (including phenoxy) is 2. The summed E-state index contributed by atoms with van der Waals surface area (Å²) in [5.41, 5.74) is -0.381. The van der Waals surface area contributed by atoms with Gasteiger partial charge in [-0.15, -0.1) is 0 Å². The summed E-state index contributed by atoms with van der Waals surface area (Å²) in [4.78, 5) is 46.2. The van der Waals surface area contributed by atoms with E-state index < -0.39 is 35.5 Å². The second-order valence-corrected chi connectivity index (χ2v) is 5.84. The minimum absolute atomic E-state index is 0.0343. The molecule has 1 atom stereocenters. The van der Waals surface area contributed by atoms with Gasteiger partial charge in [0.05, 0.1) is 39.4 Å². The zero-order valence-corrected chi connectivity index (χ0v) is 15.2. The van der Waals surface area contributed by atoms with Crippen LogP contribution >= 0.6 is 11.6 Å². The van der Waals surface area contributed by atoms with Gasteiger partial charge in [-0.3, -0.25) is 10.1 Å². The van der Waals surface area contributed by atoms with E-state index in [1.54, 1.807) is 13.8 Å². The number of nitro benzene ring substituents is 1. The van der Waals surface area contributed by atoms with E-state index in [1.807, 2.05) is 0 Å². The first-order valence-corrected chi connectivity index (χ1v) is 8.21. The second-order valence-electron chi connectivity index (χ2n) is 5.43. The fourth-order valence-corrected chi connectivity index (χ4v) is 2.59. The van der Waals surface area contributed by atoms with Crippen molar-refractivity contribution in [3.8, 4) is 0 Å². The van der Waals surface area contributed by atoms with Crippen molar-refractivity contribution in [3.63, 3.8) is 0 Å². The van der Waals surface area contributed by atoms with Crippen LogP contribution < -0.4 is 10.6 Å². The minimum atomic E-state index is -0.945. The van der Waals surface area contributed by atoms with E-state index in [2.05, 4.69) is 10.6 Å². The molecule has 11 heteroatoms. The lowest BCUT2D eigenvalue weighted by Crippen LogP contribution is -2.50. The molecule has 0 fully saturated rings. The summed E-state index contributed by atoms with van der Waals surface area (Å²) in [7, 11) is 0. The van der Waals surface area contributed by atoms with Crippen molar-refractivity contribution >= 4 is 35.3 Å². The molecule has 144 valence electrons. The minimum Gasteiger partial charge on any atom is -0.463 e. The van der Waals surface area contributed by atoms with Crippen molar-refractivity contribution in [2.75, 3.05) is 13.2 Å². The molecule has 0 bridgehead atoms. The molecule has 0 aromatic heterocycles. The maximum absolute atomic E-state index is 12.3. The van der Waals surface area contributed by atoms with Crippen molar-refractivity contribution < 1.29 is 28.8 Å². The van der Waals surface area contributed by atoms with Crippen LogP contribution in [0.1, 0.15) is 24.2 Å². The molecule has 1 aliphatic heterocycles. The Morgan fingerprint density at radius 2 is 2.00 bits per heavy atom. The number of nitro groups is 1. The number of hydrogen-bond acceptors (Lipinski definition) is 7. The molecule has 2 N–H and O–H groups in total. The SMILES string of the molecule is CCOC(=O)C1=C(COC(=O)c2cc([N+](=O)[O-])ccc2Cl)NC(=O)N[C@H]1C. The number of carbonyl (C=O) groups excluding carboxylic acids is 3. The van der Waals surface area contributed by atoms with Crippen LogP contribution in [0.25, 0.3) is 0 Å². The number of nitrogens with zero attached hydrogens (tertiary/aromatic N) is 1. The molecule has 1 aliphatic rings. The number of nitrogens with one attached hydrogen (secondary N) is 2. The third-order valence-corrected chi connectivity index (χ3v) is 3.92. The number of benzene rings is 1. The Morgan fingerprint density at radius 3 is 2.63 bits per heavy atom. The van der Waals surface area contributed by atoms with Crippen LogP contribution in [-0.4, -0.2) is 42.1 Å². The van der Waals surface area contributed by atoms with Crippen LogP contribution in [0.4, 0.5) is 10.5 Å². The first-order valence-electron chi connectivity index (χ1n) is 7.83. The van der Waals surface area contributed by atoms with E-state index in [9.17, 15) is 24.5 Å². The molecule has 1 aromatic rings. The summed E-state index contributed by atoms with van der Waals surface area (Å²) in [5.74, 6) is -1.61. The molecule has 1 aromatic carbocycles. The van der Waals surface area contributed by atoms with Crippen molar-refractivity contribution in [2.45, 2.75) is 19.9 Å². The molecule has 0 radical (unpaired) electrons. The summed E-state index contributed by atoms with van der Waals surface area (Å²) >= 11 is 5.89. The van der Waals surface area contributed by atoms with E-state index in [-0.39, 0.29) is 34.2 Å². The number of urea groups is 1. The Labute approximate surface area is 158 Å². The van der Waals surface area contributed by atoms with Gasteiger partial charge >= 0.3 is 18.0 Å². The molecule has 0 saturated heterocycles. The number of esters is 2. The van der Waals surface area contributed by atoms with E-state index in [0.717, 1.165) is 12.1 Å². The highest BCUT2D eigenvalue weighted by molar-refractivity contribution is 6.33. The molecule has 2 rings (SSSR count). The van der Waals surface area contributed by atoms with Gasteiger partial charge in [-0.2, -0.15) is 0 Å². The van der Waals surface area contributed by atoms with Crippen LogP contribution in [0, 0.1) is 10.1 Å². The summed E-state index contributed by atoms with van der Waals surface area (Å²) in [6.07, 6.45) is 0. The van der Waals surface area contributed by atoms with Crippen LogP contribution in [0.2, 0.25) is 5.02 Å². The number of hydrogen-bond donors (Lipinski definition) is 2. The third kappa shape index (κ3) is 4.73. The zero-order chi connectivity index (χ0) is 20.1. The Kier molecular flexibility index (Phi) is 6.35. The second kappa shape index (κ2) is 8.49. The van der Waals surface area contributed by atoms with Gasteiger partial charge in [0, 0.05) is 12.1 Å². The fraction of sp³-hybridized carbons (Fsp3) is 0.312. The molecule has 2 amide bonds. The zero-order valence-electron chi connectivity index (χ0n) is 14.4. The highest BCUT2D eigenvalue weighted by Gasteiger charge is 2.30. The average Bonchev–Trinajstić information content (AvgIpc) is 2.59. The van der Waals surface area contributed by atoms with E-state index >= 15 is 0 Å². The van der Waals surface area contributed by atoms with Gasteiger partial charge in [0.15, 0.2) is 0 Å². The Bertz CT molecular complexity index is 837. The molecular formula is C16H16ClN3O7. The summed E-state index contributed by atoms with van der Waals surface area (Å²) in [6.45, 7) is 2.87. The third-order valence-electron chi connectivity index (χ3n) is 3.59. The monoisotopic (exact) mass is 397 g/mol. The van der Waals surface area contributed by atoms with Crippen molar-refractivity contribution in [2.24, 2.45) is 0 Å². The maximum atomic E-state index is 12.3. The normalized spacial score (nSPS) is 16.3. The lowest BCUT2D eigenvalue weighted by atomic mass is 10.0. The largest absolute Gasteiger partial charge is 0.463 e. The fourth-order valence-electron chi connectivity index (χ4n) is 2.39. The van der Waals surface area contributed by atoms with Crippen molar-refractivity contribution in [1.82, 2.24) is 10.6 Å². The average molecular weight is 398 g/mol. The van der Waals surface area contributed by atoms with Gasteiger partial charge in [-0.25, -0.2) is 14.4 Å². The van der Waals surface area contributed by atoms with Crippen LogP contribution in [0.5, 0.6) is 0 Å². The van der Waals surface area contributed by atoms with Gasteiger partial charge in [-0.05, 0) is 19.9 Å². The molecule has 0 spiro atoms. The molecular weight excluding hydrogens is 382 g/mol. The van der Waals surface area contributed by atoms with Gasteiger partial charge in [0.25, 0.3) is 5.69 Å². The van der Waals surface area contributed by atoms with Gasteiger partial charge in [-0.1, -0.05) is 11.6 Å². The summed E-state index contributed by atoms with van der Waals surface area (Å²) in [6, 6.07) is 2.10. The molecule has 0 unspecified atom stereocenters. The van der Waals surface area contributed by atoms with Crippen LogP contribution in [0.15, 0.2) is 29.5 Å². The predicted octanol–water partition coefficient (Wildman–Crippen LogP) is 1.92. The number of amides is 2. The Morgan fingerprint density at radius 1 is 1.30 bits per heavy atom. The highest BCUT2D eigenvalue weighted by atomic mass is 35.5. The van der Waals surface area contributed by atoms with Crippen LogP contribution in [-0.2, 0) is 14.3 Å². The maximum Gasteiger partial charge on any atom is 0.340 e. The Hall–Kier alpha value is -3.14. The van der Waals surface area contributed by atoms with Crippen molar-refractivity contribution in [3.05, 3.63) is 50.2 Å². The summed E-state index contributed by atoms with van der Waals surface area (Å²) in [5, 5.41) is 15.7. The van der Waals surface area contributed by atoms with Gasteiger partial charge in [0.2, 0.25) is 0 Å². The number of rotatable bonds is 6. The topological polar surface area (TPSA) is 137 Å². The van der Waals surface area contributed by atoms with Crippen molar-refractivity contribution in [1.29, 1.82) is 0 Å². The molecule has 10 nitrogen and oxygen atoms in total. The highest BCUT2D eigenvalue weighted by Crippen LogP contribution is 2.23. The number of halogens is 1. The van der Waals surface area contributed by atoms with Crippen LogP contribution in [0.3, 0.4) is 0 Å².